The van der Waals surface area contributed by atoms with Crippen LogP contribution in [0.1, 0.15) is 39.0 Å². The molecule has 0 spiro atoms. The lowest BCUT2D eigenvalue weighted by Crippen LogP contribution is -2.50. The van der Waals surface area contributed by atoms with Crippen molar-refractivity contribution in [2.75, 3.05) is 25.5 Å². The molecule has 0 unspecified atom stereocenters. The molecule has 1 aliphatic heterocycles. The van der Waals surface area contributed by atoms with E-state index in [0.29, 0.717) is 25.7 Å². The number of ether oxygens (including phenoxy) is 1. The Morgan fingerprint density at radius 1 is 1.28 bits per heavy atom. The molecule has 0 aromatic carbocycles. The minimum absolute atomic E-state index is 0.211. The van der Waals surface area contributed by atoms with Gasteiger partial charge in [0, 0.05) is 24.8 Å². The van der Waals surface area contributed by atoms with Crippen LogP contribution >= 0.6 is 0 Å². The lowest BCUT2D eigenvalue weighted by atomic mass is 9.94. The summed E-state index contributed by atoms with van der Waals surface area (Å²) < 4.78 is 32.1. The minimum atomic E-state index is -3.16. The predicted molar refractivity (Wildman–Crippen MR) is 71.0 cm³/mol. The normalized spacial score (nSPS) is 24.1. The van der Waals surface area contributed by atoms with Crippen molar-refractivity contribution in [1.29, 1.82) is 0 Å². The first-order valence-corrected chi connectivity index (χ1v) is 8.47. The minimum Gasteiger partial charge on any atom is -0.381 e. The molecular weight excluding hydrogens is 252 g/mol. The van der Waals surface area contributed by atoms with Crippen molar-refractivity contribution in [2.45, 2.75) is 50.6 Å². The molecule has 18 heavy (non-hydrogen) atoms. The Morgan fingerprint density at radius 2 is 1.94 bits per heavy atom. The maximum absolute atomic E-state index is 12.0. The summed E-state index contributed by atoms with van der Waals surface area (Å²) in [4.78, 5) is 0. The van der Waals surface area contributed by atoms with Gasteiger partial charge in [-0.3, -0.25) is 0 Å². The molecule has 0 amide bonds. The molecule has 5 nitrogen and oxygen atoms in total. The lowest BCUT2D eigenvalue weighted by Gasteiger charge is -2.34. The van der Waals surface area contributed by atoms with Gasteiger partial charge in [-0.05, 0) is 45.6 Å². The Morgan fingerprint density at radius 3 is 2.56 bits per heavy atom. The molecule has 1 heterocycles. The molecule has 2 aliphatic rings. The van der Waals surface area contributed by atoms with E-state index in [2.05, 4.69) is 10.0 Å². The zero-order valence-corrected chi connectivity index (χ0v) is 11.9. The van der Waals surface area contributed by atoms with Crippen LogP contribution in [-0.4, -0.2) is 45.5 Å². The van der Waals surface area contributed by atoms with Crippen LogP contribution in [0.3, 0.4) is 0 Å². The Hall–Kier alpha value is -0.170. The molecule has 6 heteroatoms. The first-order chi connectivity index (χ1) is 8.49. The van der Waals surface area contributed by atoms with Gasteiger partial charge in [-0.1, -0.05) is 0 Å². The molecule has 2 N–H and O–H groups in total. The third kappa shape index (κ3) is 4.84. The Bertz CT molecular complexity index is 360. The Balaban J connectivity index is 1.71. The summed E-state index contributed by atoms with van der Waals surface area (Å²) in [6, 6.07) is 0.647. The summed E-state index contributed by atoms with van der Waals surface area (Å²) >= 11 is 0. The highest BCUT2D eigenvalue weighted by Crippen LogP contribution is 2.21. The average molecular weight is 276 g/mol. The molecule has 1 saturated carbocycles. The number of hydrogen-bond acceptors (Lipinski definition) is 4. The summed E-state index contributed by atoms with van der Waals surface area (Å²) in [5, 5.41) is 3.33. The van der Waals surface area contributed by atoms with Crippen molar-refractivity contribution in [3.05, 3.63) is 0 Å². The second-order valence-electron chi connectivity index (χ2n) is 5.68. The standard InChI is InChI=1S/C12H24N2O3S/c1-12(5-8-17-9-6-12)14-18(15,16)10-2-7-13-11-3-4-11/h11,13-14H,2-10H2,1H3. The van der Waals surface area contributed by atoms with E-state index in [9.17, 15) is 8.42 Å². The van der Waals surface area contributed by atoms with Crippen molar-refractivity contribution in [2.24, 2.45) is 0 Å². The van der Waals surface area contributed by atoms with Gasteiger partial charge in [-0.15, -0.1) is 0 Å². The Labute approximate surface area is 110 Å². The maximum Gasteiger partial charge on any atom is 0.212 e. The van der Waals surface area contributed by atoms with Gasteiger partial charge in [0.15, 0.2) is 0 Å². The van der Waals surface area contributed by atoms with Crippen LogP contribution in [-0.2, 0) is 14.8 Å². The summed E-state index contributed by atoms with van der Waals surface area (Å²) in [6.45, 7) is 4.05. The topological polar surface area (TPSA) is 67.4 Å². The lowest BCUT2D eigenvalue weighted by molar-refractivity contribution is 0.0537. The Kier molecular flexibility index (Phi) is 4.64. The number of rotatable bonds is 7. The second kappa shape index (κ2) is 5.86. The first-order valence-electron chi connectivity index (χ1n) is 6.82. The van der Waals surface area contributed by atoms with Crippen LogP contribution < -0.4 is 10.0 Å². The van der Waals surface area contributed by atoms with Crippen molar-refractivity contribution < 1.29 is 13.2 Å². The van der Waals surface area contributed by atoms with Crippen molar-refractivity contribution in [3.63, 3.8) is 0 Å². The largest absolute Gasteiger partial charge is 0.381 e. The van der Waals surface area contributed by atoms with E-state index < -0.39 is 10.0 Å². The van der Waals surface area contributed by atoms with E-state index in [0.717, 1.165) is 19.4 Å². The number of nitrogens with one attached hydrogen (secondary N) is 2. The van der Waals surface area contributed by atoms with Crippen LogP contribution in [0.2, 0.25) is 0 Å². The maximum atomic E-state index is 12.0. The fourth-order valence-corrected chi connectivity index (χ4v) is 3.79. The van der Waals surface area contributed by atoms with E-state index in [4.69, 9.17) is 4.74 Å². The molecule has 2 fully saturated rings. The summed E-state index contributed by atoms with van der Waals surface area (Å²) in [5.41, 5.74) is -0.318. The van der Waals surface area contributed by atoms with Gasteiger partial charge in [-0.25, -0.2) is 13.1 Å². The highest BCUT2D eigenvalue weighted by Gasteiger charge is 2.31. The third-order valence-electron chi connectivity index (χ3n) is 3.60. The fraction of sp³-hybridized carbons (Fsp3) is 1.00. The van der Waals surface area contributed by atoms with Crippen molar-refractivity contribution in [1.82, 2.24) is 10.0 Å². The van der Waals surface area contributed by atoms with Crippen molar-refractivity contribution in [3.8, 4) is 0 Å². The van der Waals surface area contributed by atoms with Crippen LogP contribution in [0.4, 0.5) is 0 Å². The van der Waals surface area contributed by atoms with E-state index in [1.54, 1.807) is 0 Å². The smallest absolute Gasteiger partial charge is 0.212 e. The highest BCUT2D eigenvalue weighted by atomic mass is 32.2. The fourth-order valence-electron chi connectivity index (χ4n) is 2.21. The molecule has 2 rings (SSSR count). The van der Waals surface area contributed by atoms with E-state index in [-0.39, 0.29) is 11.3 Å². The van der Waals surface area contributed by atoms with E-state index in [1.165, 1.54) is 12.8 Å². The molecule has 0 aromatic heterocycles. The molecule has 1 saturated heterocycles. The van der Waals surface area contributed by atoms with Gasteiger partial charge >= 0.3 is 0 Å². The first kappa shape index (κ1) is 14.2. The van der Waals surface area contributed by atoms with E-state index in [1.807, 2.05) is 6.92 Å². The molecule has 0 bridgehead atoms. The van der Waals surface area contributed by atoms with Gasteiger partial charge < -0.3 is 10.1 Å². The molecule has 0 radical (unpaired) electrons. The molecule has 106 valence electrons. The van der Waals surface area contributed by atoms with Crippen LogP contribution in [0, 0.1) is 0 Å². The molecular formula is C12H24N2O3S. The van der Waals surface area contributed by atoms with Gasteiger partial charge in [-0.2, -0.15) is 0 Å². The summed E-state index contributed by atoms with van der Waals surface area (Å²) in [6.07, 6.45) is 4.67. The van der Waals surface area contributed by atoms with Gasteiger partial charge in [0.1, 0.15) is 0 Å². The zero-order valence-electron chi connectivity index (χ0n) is 11.1. The summed E-state index contributed by atoms with van der Waals surface area (Å²) in [7, 11) is -3.16. The van der Waals surface area contributed by atoms with Gasteiger partial charge in [0.2, 0.25) is 10.0 Å². The zero-order chi connectivity index (χ0) is 13.1. The van der Waals surface area contributed by atoms with Crippen molar-refractivity contribution >= 4 is 10.0 Å². The second-order valence-corrected chi connectivity index (χ2v) is 7.52. The monoisotopic (exact) mass is 276 g/mol. The quantitative estimate of drug-likeness (QED) is 0.669. The number of hydrogen-bond donors (Lipinski definition) is 2. The third-order valence-corrected chi connectivity index (χ3v) is 5.23. The number of sulfonamides is 1. The summed E-state index contributed by atoms with van der Waals surface area (Å²) in [5.74, 6) is 0.211. The molecule has 1 aliphatic carbocycles. The SMILES string of the molecule is CC1(NS(=O)(=O)CCCNC2CC2)CCOCC1. The molecule has 0 aromatic rings. The average Bonchev–Trinajstić information content (AvgIpc) is 3.08. The van der Waals surface area contributed by atoms with Gasteiger partial charge in [0.25, 0.3) is 0 Å². The van der Waals surface area contributed by atoms with Crippen LogP contribution in [0.15, 0.2) is 0 Å². The highest BCUT2D eigenvalue weighted by molar-refractivity contribution is 7.89. The van der Waals surface area contributed by atoms with E-state index >= 15 is 0 Å². The van der Waals surface area contributed by atoms with Crippen LogP contribution in [0.5, 0.6) is 0 Å². The van der Waals surface area contributed by atoms with Gasteiger partial charge in [0.05, 0.1) is 5.75 Å². The molecule has 0 atom stereocenters. The predicted octanol–water partition coefficient (Wildman–Crippen LogP) is 0.617. The van der Waals surface area contributed by atoms with Crippen LogP contribution in [0.25, 0.3) is 0 Å².